The Morgan fingerprint density at radius 1 is 1.17 bits per heavy atom. The van der Waals surface area contributed by atoms with E-state index in [2.05, 4.69) is 27.9 Å². The molecule has 184 valence electrons. The Labute approximate surface area is 214 Å². The predicted molar refractivity (Wildman–Crippen MR) is 140 cm³/mol. The van der Waals surface area contributed by atoms with Gasteiger partial charge in [0.1, 0.15) is 16.9 Å². The highest BCUT2D eigenvalue weighted by molar-refractivity contribution is 8.05. The van der Waals surface area contributed by atoms with Crippen molar-refractivity contribution in [2.45, 2.75) is 24.8 Å². The smallest absolute Gasteiger partial charge is 0.331 e. The quantitative estimate of drug-likeness (QED) is 0.578. The molecular weight excluding hydrogens is 474 g/mol. The molecule has 6 rings (SSSR count). The molecule has 3 amide bonds. The Bertz CT molecular complexity index is 1340. The van der Waals surface area contributed by atoms with Gasteiger partial charge in [0.25, 0.3) is 5.91 Å². The minimum atomic E-state index is -0.290. The van der Waals surface area contributed by atoms with Crippen LogP contribution >= 0.6 is 11.8 Å². The van der Waals surface area contributed by atoms with E-state index in [9.17, 15) is 9.59 Å². The molecule has 1 fully saturated rings. The first-order valence-corrected chi connectivity index (χ1v) is 12.9. The van der Waals surface area contributed by atoms with Crippen LogP contribution in [0.4, 0.5) is 10.5 Å². The average molecular weight is 502 g/mol. The van der Waals surface area contributed by atoms with Crippen molar-refractivity contribution in [2.24, 2.45) is 0 Å². The van der Waals surface area contributed by atoms with Gasteiger partial charge in [-0.1, -0.05) is 30.0 Å². The Balaban J connectivity index is 1.31. The van der Waals surface area contributed by atoms with Crippen molar-refractivity contribution in [2.75, 3.05) is 25.0 Å². The summed E-state index contributed by atoms with van der Waals surface area (Å²) in [7, 11) is 2.05. The van der Waals surface area contributed by atoms with Crippen LogP contribution in [0.5, 0.6) is 11.5 Å². The number of aryl methyl sites for hydroxylation is 1. The van der Waals surface area contributed by atoms with E-state index in [0.29, 0.717) is 16.4 Å². The fourth-order valence-electron chi connectivity index (χ4n) is 5.04. The summed E-state index contributed by atoms with van der Waals surface area (Å²) in [5.74, 6) is 1.32. The minimum Gasteiger partial charge on any atom is -0.457 e. The summed E-state index contributed by atoms with van der Waals surface area (Å²) in [6.07, 6.45) is 4.66. The van der Waals surface area contributed by atoms with Crippen LogP contribution in [0, 0.1) is 6.92 Å². The number of nitrogens with zero attached hydrogens (tertiary/aromatic N) is 2. The lowest BCUT2D eigenvalue weighted by molar-refractivity contribution is -0.117. The van der Waals surface area contributed by atoms with E-state index in [4.69, 9.17) is 4.74 Å². The van der Waals surface area contributed by atoms with Gasteiger partial charge >= 0.3 is 6.03 Å². The van der Waals surface area contributed by atoms with Crippen molar-refractivity contribution in [3.8, 4) is 11.5 Å². The molecule has 2 aromatic rings. The van der Waals surface area contributed by atoms with Crippen LogP contribution in [-0.2, 0) is 4.79 Å². The number of carbonyl (C=O) groups excluding carboxylic acids is 2. The standard InChI is InChI=1S/C27H27N5O3S/c1-16-14-19(35-18-6-4-3-5-7-18)8-9-20(16)32-21-10-12-28-26-22(21)23(30-27(32)34)24(36-26)25(33)29-17-11-13-31(2)15-17/h3-10,12,14,17,26,28H,11,13,15H2,1-2H3,(H,29,33)(H,30,34)/t17-,26?/m1/s1. The fraction of sp³-hybridized carbons (Fsp3) is 0.259. The average Bonchev–Trinajstić information content (AvgIpc) is 3.44. The summed E-state index contributed by atoms with van der Waals surface area (Å²) in [5.41, 5.74) is 3.95. The fourth-order valence-corrected chi connectivity index (χ4v) is 6.22. The zero-order chi connectivity index (χ0) is 24.8. The van der Waals surface area contributed by atoms with E-state index in [1.54, 1.807) is 4.90 Å². The molecule has 36 heavy (non-hydrogen) atoms. The normalized spacial score (nSPS) is 22.9. The highest BCUT2D eigenvalue weighted by Crippen LogP contribution is 2.46. The highest BCUT2D eigenvalue weighted by atomic mass is 32.2. The third kappa shape index (κ3) is 4.04. The number of likely N-dealkylation sites (tertiary alicyclic amines) is 1. The topological polar surface area (TPSA) is 85.9 Å². The molecule has 2 atom stereocenters. The van der Waals surface area contributed by atoms with Crippen molar-refractivity contribution < 1.29 is 14.3 Å². The van der Waals surface area contributed by atoms with Gasteiger partial charge in [0.2, 0.25) is 0 Å². The zero-order valence-electron chi connectivity index (χ0n) is 20.1. The molecule has 0 spiro atoms. The van der Waals surface area contributed by atoms with Crippen LogP contribution < -0.4 is 25.6 Å². The van der Waals surface area contributed by atoms with E-state index in [1.807, 2.05) is 67.7 Å². The molecular formula is C27H27N5O3S. The van der Waals surface area contributed by atoms with E-state index in [0.717, 1.165) is 47.8 Å². The number of urea groups is 1. The van der Waals surface area contributed by atoms with Crippen LogP contribution in [-0.4, -0.2) is 48.4 Å². The first-order chi connectivity index (χ1) is 17.5. The maximum absolute atomic E-state index is 13.4. The van der Waals surface area contributed by atoms with Gasteiger partial charge in [-0.2, -0.15) is 0 Å². The summed E-state index contributed by atoms with van der Waals surface area (Å²) in [6, 6.07) is 15.1. The van der Waals surface area contributed by atoms with Gasteiger partial charge in [-0.3, -0.25) is 9.69 Å². The number of amides is 3. The van der Waals surface area contributed by atoms with Crippen LogP contribution in [0.1, 0.15) is 12.0 Å². The molecule has 4 aliphatic heterocycles. The van der Waals surface area contributed by atoms with Crippen molar-refractivity contribution in [1.82, 2.24) is 20.9 Å². The number of hydrogen-bond donors (Lipinski definition) is 3. The molecule has 1 unspecified atom stereocenters. The van der Waals surface area contributed by atoms with Gasteiger partial charge in [-0.25, -0.2) is 4.79 Å². The first kappa shape index (κ1) is 22.8. The molecule has 0 saturated carbocycles. The summed E-state index contributed by atoms with van der Waals surface area (Å²) in [4.78, 5) is 31.1. The molecule has 0 aliphatic carbocycles. The minimum absolute atomic E-state index is 0.119. The number of likely N-dealkylation sites (N-methyl/N-ethyl adjacent to an activating group) is 1. The summed E-state index contributed by atoms with van der Waals surface area (Å²) >= 11 is 1.44. The van der Waals surface area contributed by atoms with E-state index in [-0.39, 0.29) is 23.4 Å². The van der Waals surface area contributed by atoms with Gasteiger partial charge in [-0.15, -0.1) is 0 Å². The van der Waals surface area contributed by atoms with Crippen LogP contribution in [0.25, 0.3) is 0 Å². The van der Waals surface area contributed by atoms with Crippen LogP contribution in [0.3, 0.4) is 0 Å². The third-order valence-corrected chi connectivity index (χ3v) is 7.99. The number of anilines is 1. The van der Waals surface area contributed by atoms with E-state index >= 15 is 0 Å². The van der Waals surface area contributed by atoms with Crippen molar-refractivity contribution >= 4 is 29.4 Å². The molecule has 0 aromatic heterocycles. The number of rotatable bonds is 5. The number of nitrogens with one attached hydrogen (secondary N) is 3. The Morgan fingerprint density at radius 2 is 2.00 bits per heavy atom. The Kier molecular flexibility index (Phi) is 5.73. The largest absolute Gasteiger partial charge is 0.457 e. The number of ether oxygens (including phenoxy) is 1. The molecule has 0 bridgehead atoms. The van der Waals surface area contributed by atoms with Gasteiger partial charge in [0.15, 0.2) is 0 Å². The number of thioether (sulfide) groups is 1. The number of allylic oxidation sites excluding steroid dienone is 1. The van der Waals surface area contributed by atoms with Gasteiger partial charge in [-0.05, 0) is 75.1 Å². The zero-order valence-corrected chi connectivity index (χ0v) is 20.9. The second kappa shape index (κ2) is 9.07. The monoisotopic (exact) mass is 501 g/mol. The summed E-state index contributed by atoms with van der Waals surface area (Å²) in [6.45, 7) is 3.76. The van der Waals surface area contributed by atoms with E-state index in [1.165, 1.54) is 11.8 Å². The van der Waals surface area contributed by atoms with Crippen LogP contribution in [0.2, 0.25) is 0 Å². The predicted octanol–water partition coefficient (Wildman–Crippen LogP) is 3.79. The molecule has 2 aromatic carbocycles. The van der Waals surface area contributed by atoms with Gasteiger partial charge in [0, 0.05) is 18.2 Å². The number of hydrogen-bond acceptors (Lipinski definition) is 6. The lowest BCUT2D eigenvalue weighted by Gasteiger charge is -2.35. The first-order valence-electron chi connectivity index (χ1n) is 12.0. The molecule has 1 saturated heterocycles. The molecule has 4 heterocycles. The van der Waals surface area contributed by atoms with Gasteiger partial charge < -0.3 is 25.6 Å². The number of dihydropyridines is 1. The maximum atomic E-state index is 13.4. The van der Waals surface area contributed by atoms with Crippen LogP contribution in [0.15, 0.2) is 82.7 Å². The van der Waals surface area contributed by atoms with Gasteiger partial charge in [0.05, 0.1) is 22.0 Å². The Hall–Kier alpha value is -3.69. The number of para-hydroxylation sites is 1. The van der Waals surface area contributed by atoms with Crippen molar-refractivity contribution in [3.63, 3.8) is 0 Å². The molecule has 4 aliphatic rings. The highest BCUT2D eigenvalue weighted by Gasteiger charge is 2.44. The Morgan fingerprint density at radius 3 is 2.75 bits per heavy atom. The lowest BCUT2D eigenvalue weighted by Crippen LogP contribution is -2.47. The number of benzene rings is 2. The third-order valence-electron chi connectivity index (χ3n) is 6.76. The second-order valence-electron chi connectivity index (χ2n) is 9.35. The maximum Gasteiger partial charge on any atom is 0.331 e. The van der Waals surface area contributed by atoms with Crippen molar-refractivity contribution in [3.05, 3.63) is 88.2 Å². The molecule has 8 nitrogen and oxygen atoms in total. The molecule has 3 N–H and O–H groups in total. The molecule has 0 radical (unpaired) electrons. The number of carbonyl (C=O) groups is 2. The SMILES string of the molecule is Cc1cc(Oc2ccccc2)ccc1N1C(=O)NC2=C(C(=O)N[C@@H]3CCN(C)C3)SC3NC=CC1=C23. The van der Waals surface area contributed by atoms with Crippen molar-refractivity contribution in [1.29, 1.82) is 0 Å². The summed E-state index contributed by atoms with van der Waals surface area (Å²) in [5, 5.41) is 9.35. The lowest BCUT2D eigenvalue weighted by atomic mass is 10.0. The summed E-state index contributed by atoms with van der Waals surface area (Å²) < 4.78 is 5.97. The van der Waals surface area contributed by atoms with E-state index < -0.39 is 0 Å². The molecule has 9 heteroatoms. The second-order valence-corrected chi connectivity index (χ2v) is 10.5.